The first-order chi connectivity index (χ1) is 7.06. The van der Waals surface area contributed by atoms with Gasteiger partial charge in [0.1, 0.15) is 0 Å². The Labute approximate surface area is 92.2 Å². The number of amides is 1. The summed E-state index contributed by atoms with van der Waals surface area (Å²) in [5.74, 6) is 1.47. The van der Waals surface area contributed by atoms with Crippen LogP contribution in [-0.2, 0) is 4.79 Å². The average molecular weight is 210 g/mol. The standard InChI is InChI=1S/C12H22N2O/c1-5-7(2)11-12(15)14(9(4)13-11)10-6-8(10)3/h7-11,13H,5-6H2,1-4H3. The third-order valence-electron chi connectivity index (χ3n) is 4.00. The Morgan fingerprint density at radius 2 is 2.13 bits per heavy atom. The highest BCUT2D eigenvalue weighted by molar-refractivity contribution is 5.85. The summed E-state index contributed by atoms with van der Waals surface area (Å²) in [6.45, 7) is 8.63. The van der Waals surface area contributed by atoms with Gasteiger partial charge in [0.15, 0.2) is 0 Å². The zero-order valence-corrected chi connectivity index (χ0v) is 10.2. The summed E-state index contributed by atoms with van der Waals surface area (Å²) in [6, 6.07) is 0.562. The first-order valence-electron chi connectivity index (χ1n) is 6.14. The topological polar surface area (TPSA) is 32.3 Å². The minimum Gasteiger partial charge on any atom is -0.323 e. The molecule has 2 rings (SSSR count). The number of carbonyl (C=O) groups is 1. The van der Waals surface area contributed by atoms with Crippen molar-refractivity contribution in [2.75, 3.05) is 0 Å². The van der Waals surface area contributed by atoms with Crippen molar-refractivity contribution < 1.29 is 4.79 Å². The van der Waals surface area contributed by atoms with Gasteiger partial charge in [0.2, 0.25) is 5.91 Å². The number of hydrogen-bond acceptors (Lipinski definition) is 2. The number of hydrogen-bond donors (Lipinski definition) is 1. The summed E-state index contributed by atoms with van der Waals surface area (Å²) < 4.78 is 0. The van der Waals surface area contributed by atoms with Gasteiger partial charge in [-0.3, -0.25) is 10.1 Å². The summed E-state index contributed by atoms with van der Waals surface area (Å²) in [5.41, 5.74) is 0. The van der Waals surface area contributed by atoms with Crippen molar-refractivity contribution in [3.8, 4) is 0 Å². The molecule has 1 aliphatic carbocycles. The van der Waals surface area contributed by atoms with Crippen molar-refractivity contribution in [2.45, 2.75) is 58.8 Å². The maximum atomic E-state index is 12.2. The molecule has 5 atom stereocenters. The van der Waals surface area contributed by atoms with Gasteiger partial charge in [-0.05, 0) is 25.2 Å². The number of nitrogens with zero attached hydrogens (tertiary/aromatic N) is 1. The van der Waals surface area contributed by atoms with Crippen LogP contribution in [0.2, 0.25) is 0 Å². The van der Waals surface area contributed by atoms with Gasteiger partial charge in [0, 0.05) is 6.04 Å². The van der Waals surface area contributed by atoms with Crippen LogP contribution in [0.25, 0.3) is 0 Å². The Morgan fingerprint density at radius 1 is 1.53 bits per heavy atom. The van der Waals surface area contributed by atoms with Gasteiger partial charge < -0.3 is 4.90 Å². The van der Waals surface area contributed by atoms with E-state index in [2.05, 4.69) is 37.9 Å². The summed E-state index contributed by atoms with van der Waals surface area (Å²) in [5, 5.41) is 3.42. The van der Waals surface area contributed by atoms with Gasteiger partial charge in [-0.2, -0.15) is 0 Å². The van der Waals surface area contributed by atoms with Gasteiger partial charge in [0.05, 0.1) is 12.2 Å². The summed E-state index contributed by atoms with van der Waals surface area (Å²) in [7, 11) is 0. The van der Waals surface area contributed by atoms with E-state index in [1.165, 1.54) is 6.42 Å². The smallest absolute Gasteiger partial charge is 0.241 e. The lowest BCUT2D eigenvalue weighted by atomic mass is 9.99. The van der Waals surface area contributed by atoms with E-state index in [-0.39, 0.29) is 12.2 Å². The van der Waals surface area contributed by atoms with Gasteiger partial charge in [0.25, 0.3) is 0 Å². The Balaban J connectivity index is 2.06. The van der Waals surface area contributed by atoms with Gasteiger partial charge in [-0.1, -0.05) is 27.2 Å². The summed E-state index contributed by atoms with van der Waals surface area (Å²) in [4.78, 5) is 14.3. The number of nitrogens with one attached hydrogen (secondary N) is 1. The van der Waals surface area contributed by atoms with Crippen LogP contribution in [0.15, 0.2) is 0 Å². The Kier molecular flexibility index (Phi) is 2.75. The highest BCUT2D eigenvalue weighted by atomic mass is 16.2. The molecule has 0 radical (unpaired) electrons. The number of carbonyl (C=O) groups excluding carboxylic acids is 1. The summed E-state index contributed by atoms with van der Waals surface area (Å²) in [6.07, 6.45) is 2.47. The normalized spacial score (nSPS) is 42.1. The zero-order chi connectivity index (χ0) is 11.2. The predicted octanol–water partition coefficient (Wildman–Crippen LogP) is 1.59. The molecule has 0 aromatic carbocycles. The highest BCUT2D eigenvalue weighted by Crippen LogP contribution is 2.38. The molecular weight excluding hydrogens is 188 g/mol. The van der Waals surface area contributed by atoms with E-state index in [1.54, 1.807) is 0 Å². The molecule has 1 saturated heterocycles. The van der Waals surface area contributed by atoms with E-state index in [9.17, 15) is 4.79 Å². The van der Waals surface area contributed by atoms with Crippen molar-refractivity contribution in [3.05, 3.63) is 0 Å². The monoisotopic (exact) mass is 210 g/mol. The molecule has 86 valence electrons. The van der Waals surface area contributed by atoms with Crippen molar-refractivity contribution in [1.82, 2.24) is 10.2 Å². The molecule has 1 N–H and O–H groups in total. The minimum absolute atomic E-state index is 0.0535. The largest absolute Gasteiger partial charge is 0.323 e. The van der Waals surface area contributed by atoms with Crippen LogP contribution in [0.3, 0.4) is 0 Å². The second-order valence-corrected chi connectivity index (χ2v) is 5.23. The van der Waals surface area contributed by atoms with E-state index in [4.69, 9.17) is 0 Å². The Morgan fingerprint density at radius 3 is 2.60 bits per heavy atom. The molecule has 15 heavy (non-hydrogen) atoms. The molecule has 1 heterocycles. The summed E-state index contributed by atoms with van der Waals surface area (Å²) >= 11 is 0. The molecule has 5 unspecified atom stereocenters. The molecule has 1 saturated carbocycles. The lowest BCUT2D eigenvalue weighted by molar-refractivity contribution is -0.131. The molecule has 0 aromatic rings. The van der Waals surface area contributed by atoms with Crippen LogP contribution in [-0.4, -0.2) is 29.1 Å². The molecular formula is C12H22N2O. The molecule has 3 heteroatoms. The van der Waals surface area contributed by atoms with Crippen LogP contribution in [0.4, 0.5) is 0 Å². The van der Waals surface area contributed by atoms with Crippen LogP contribution >= 0.6 is 0 Å². The molecule has 0 spiro atoms. The van der Waals surface area contributed by atoms with Crippen molar-refractivity contribution in [2.24, 2.45) is 11.8 Å². The van der Waals surface area contributed by atoms with E-state index in [0.29, 0.717) is 23.8 Å². The molecule has 2 fully saturated rings. The fraction of sp³-hybridized carbons (Fsp3) is 0.917. The predicted molar refractivity (Wildman–Crippen MR) is 60.3 cm³/mol. The molecule has 1 aliphatic heterocycles. The second kappa shape index (κ2) is 3.78. The highest BCUT2D eigenvalue weighted by Gasteiger charge is 2.49. The SMILES string of the molecule is CCC(C)C1NC(C)N(C2CC2C)C1=O. The van der Waals surface area contributed by atoms with Crippen LogP contribution < -0.4 is 5.32 Å². The third kappa shape index (κ3) is 1.78. The van der Waals surface area contributed by atoms with E-state index < -0.39 is 0 Å². The molecule has 3 nitrogen and oxygen atoms in total. The van der Waals surface area contributed by atoms with Crippen LogP contribution in [0, 0.1) is 11.8 Å². The van der Waals surface area contributed by atoms with Crippen molar-refractivity contribution in [3.63, 3.8) is 0 Å². The quantitative estimate of drug-likeness (QED) is 0.767. The van der Waals surface area contributed by atoms with E-state index in [1.807, 2.05) is 0 Å². The van der Waals surface area contributed by atoms with Crippen molar-refractivity contribution in [1.29, 1.82) is 0 Å². The Bertz CT molecular complexity index is 266. The minimum atomic E-state index is 0.0535. The maximum Gasteiger partial charge on any atom is 0.241 e. The number of rotatable bonds is 3. The van der Waals surface area contributed by atoms with Crippen LogP contribution in [0.1, 0.15) is 40.5 Å². The molecule has 0 bridgehead atoms. The lowest BCUT2D eigenvalue weighted by Gasteiger charge is -2.20. The molecule has 1 amide bonds. The van der Waals surface area contributed by atoms with Crippen LogP contribution in [0.5, 0.6) is 0 Å². The fourth-order valence-electron chi connectivity index (χ4n) is 2.55. The first-order valence-corrected chi connectivity index (χ1v) is 6.14. The fourth-order valence-corrected chi connectivity index (χ4v) is 2.55. The molecule has 2 aliphatic rings. The van der Waals surface area contributed by atoms with E-state index in [0.717, 1.165) is 6.42 Å². The average Bonchev–Trinajstić information content (AvgIpc) is 2.82. The second-order valence-electron chi connectivity index (χ2n) is 5.23. The first kappa shape index (κ1) is 10.9. The lowest BCUT2D eigenvalue weighted by Crippen LogP contribution is -2.37. The maximum absolute atomic E-state index is 12.2. The van der Waals surface area contributed by atoms with Gasteiger partial charge in [-0.25, -0.2) is 0 Å². The van der Waals surface area contributed by atoms with Crippen molar-refractivity contribution >= 4 is 5.91 Å². The Hall–Kier alpha value is -0.570. The van der Waals surface area contributed by atoms with Gasteiger partial charge in [-0.15, -0.1) is 0 Å². The third-order valence-corrected chi connectivity index (χ3v) is 4.00. The zero-order valence-electron chi connectivity index (χ0n) is 10.2. The van der Waals surface area contributed by atoms with E-state index >= 15 is 0 Å². The van der Waals surface area contributed by atoms with Gasteiger partial charge >= 0.3 is 0 Å². The molecule has 0 aromatic heterocycles.